The second kappa shape index (κ2) is 12.7. The first-order valence-corrected chi connectivity index (χ1v) is 12.3. The van der Waals surface area contributed by atoms with Crippen molar-refractivity contribution in [3.05, 3.63) is 131 Å². The molecular formula is C30H28ClN3O3. The second-order valence-electron chi connectivity index (χ2n) is 8.57. The van der Waals surface area contributed by atoms with Gasteiger partial charge in [-0.25, -0.2) is 0 Å². The molecule has 0 aliphatic carbocycles. The molecule has 0 aliphatic heterocycles. The quantitative estimate of drug-likeness (QED) is 0.309. The maximum atomic E-state index is 13.8. The van der Waals surface area contributed by atoms with Crippen molar-refractivity contribution in [3.8, 4) is 5.75 Å². The molecule has 0 radical (unpaired) electrons. The third-order valence-corrected chi connectivity index (χ3v) is 6.22. The Hall–Kier alpha value is -4.16. The highest BCUT2D eigenvalue weighted by Gasteiger charge is 2.31. The Morgan fingerprint density at radius 3 is 2.24 bits per heavy atom. The summed E-state index contributed by atoms with van der Waals surface area (Å²) in [7, 11) is 1.61. The minimum absolute atomic E-state index is 0.131. The number of hydrogen-bond donors (Lipinski definition) is 1. The van der Waals surface area contributed by atoms with Crippen LogP contribution >= 0.6 is 11.6 Å². The summed E-state index contributed by atoms with van der Waals surface area (Å²) in [6, 6.07) is 26.9. The van der Waals surface area contributed by atoms with Crippen molar-refractivity contribution in [3.63, 3.8) is 0 Å². The molecule has 4 rings (SSSR count). The molecule has 0 saturated heterocycles. The summed E-state index contributed by atoms with van der Waals surface area (Å²) < 4.78 is 5.28. The summed E-state index contributed by atoms with van der Waals surface area (Å²) in [5.74, 6) is 0.271. The number of amides is 2. The number of hydrogen-bond acceptors (Lipinski definition) is 4. The number of nitrogens with zero attached hydrogens (tertiary/aromatic N) is 2. The van der Waals surface area contributed by atoms with Crippen molar-refractivity contribution in [1.29, 1.82) is 0 Å². The molecular weight excluding hydrogens is 486 g/mol. The molecule has 3 aromatic carbocycles. The smallest absolute Gasteiger partial charge is 0.247 e. The minimum Gasteiger partial charge on any atom is -0.497 e. The minimum atomic E-state index is -0.834. The fraction of sp³-hybridized carbons (Fsp3) is 0.167. The summed E-state index contributed by atoms with van der Waals surface area (Å²) in [5.41, 5.74) is 3.30. The lowest BCUT2D eigenvalue weighted by atomic mass is 10.0. The van der Waals surface area contributed by atoms with Crippen LogP contribution < -0.4 is 10.1 Å². The van der Waals surface area contributed by atoms with E-state index < -0.39 is 6.04 Å². The van der Waals surface area contributed by atoms with Crippen LogP contribution in [0.4, 0.5) is 0 Å². The molecule has 2 amide bonds. The van der Waals surface area contributed by atoms with E-state index in [1.54, 1.807) is 36.5 Å². The zero-order valence-electron chi connectivity index (χ0n) is 20.5. The van der Waals surface area contributed by atoms with Gasteiger partial charge < -0.3 is 15.0 Å². The Balaban J connectivity index is 1.67. The van der Waals surface area contributed by atoms with E-state index in [1.807, 2.05) is 78.9 Å². The monoisotopic (exact) mass is 513 g/mol. The molecule has 4 aromatic rings. The van der Waals surface area contributed by atoms with Gasteiger partial charge in [0.2, 0.25) is 11.8 Å². The van der Waals surface area contributed by atoms with Crippen molar-refractivity contribution in [2.45, 2.75) is 25.6 Å². The molecule has 37 heavy (non-hydrogen) atoms. The van der Waals surface area contributed by atoms with E-state index in [2.05, 4.69) is 10.3 Å². The fourth-order valence-corrected chi connectivity index (χ4v) is 4.15. The van der Waals surface area contributed by atoms with Crippen LogP contribution in [0.3, 0.4) is 0 Å². The van der Waals surface area contributed by atoms with E-state index in [0.717, 1.165) is 28.0 Å². The van der Waals surface area contributed by atoms with Gasteiger partial charge >= 0.3 is 0 Å². The molecule has 0 aliphatic rings. The first kappa shape index (κ1) is 25.9. The van der Waals surface area contributed by atoms with Crippen LogP contribution in [0, 0.1) is 0 Å². The normalized spacial score (nSPS) is 11.4. The highest BCUT2D eigenvalue weighted by atomic mass is 35.5. The molecule has 0 spiro atoms. The molecule has 1 heterocycles. The highest BCUT2D eigenvalue weighted by Crippen LogP contribution is 2.26. The van der Waals surface area contributed by atoms with Crippen LogP contribution in [0.5, 0.6) is 5.75 Å². The molecule has 0 bridgehead atoms. The highest BCUT2D eigenvalue weighted by molar-refractivity contribution is 6.30. The third kappa shape index (κ3) is 7.18. The number of carbonyl (C=O) groups excluding carboxylic acids is 2. The van der Waals surface area contributed by atoms with Crippen molar-refractivity contribution in [2.24, 2.45) is 0 Å². The number of benzene rings is 3. The van der Waals surface area contributed by atoms with Gasteiger partial charge in [-0.15, -0.1) is 0 Å². The van der Waals surface area contributed by atoms with Gasteiger partial charge in [-0.1, -0.05) is 72.3 Å². The zero-order valence-corrected chi connectivity index (χ0v) is 21.3. The van der Waals surface area contributed by atoms with Crippen LogP contribution in [-0.4, -0.2) is 28.8 Å². The lowest BCUT2D eigenvalue weighted by Crippen LogP contribution is -2.43. The summed E-state index contributed by atoms with van der Waals surface area (Å²) in [5, 5.41) is 3.60. The number of carbonyl (C=O) groups is 2. The van der Waals surface area contributed by atoms with Gasteiger partial charge in [-0.05, 0) is 52.6 Å². The van der Waals surface area contributed by atoms with Crippen LogP contribution in [0.2, 0.25) is 5.02 Å². The van der Waals surface area contributed by atoms with Crippen molar-refractivity contribution in [1.82, 2.24) is 15.2 Å². The predicted octanol–water partition coefficient (Wildman–Crippen LogP) is 5.37. The van der Waals surface area contributed by atoms with Crippen LogP contribution in [-0.2, 0) is 29.1 Å². The Morgan fingerprint density at radius 1 is 0.892 bits per heavy atom. The second-order valence-corrected chi connectivity index (χ2v) is 9.00. The number of pyridine rings is 1. The van der Waals surface area contributed by atoms with E-state index in [-0.39, 0.29) is 24.8 Å². The van der Waals surface area contributed by atoms with Gasteiger partial charge in [0.25, 0.3) is 0 Å². The van der Waals surface area contributed by atoms with Gasteiger partial charge in [0.1, 0.15) is 11.8 Å². The lowest BCUT2D eigenvalue weighted by Gasteiger charge is -2.32. The van der Waals surface area contributed by atoms with Crippen LogP contribution in [0.15, 0.2) is 103 Å². The first-order chi connectivity index (χ1) is 18.0. The molecule has 7 heteroatoms. The average molecular weight is 514 g/mol. The summed E-state index contributed by atoms with van der Waals surface area (Å²) >= 11 is 6.04. The van der Waals surface area contributed by atoms with Crippen molar-refractivity contribution >= 4 is 23.4 Å². The Kier molecular flexibility index (Phi) is 8.89. The van der Waals surface area contributed by atoms with Gasteiger partial charge in [0.05, 0.1) is 13.5 Å². The average Bonchev–Trinajstić information content (AvgIpc) is 2.94. The maximum absolute atomic E-state index is 13.8. The number of nitrogens with one attached hydrogen (secondary N) is 1. The maximum Gasteiger partial charge on any atom is 0.247 e. The molecule has 1 N–H and O–H groups in total. The van der Waals surface area contributed by atoms with Gasteiger partial charge in [-0.2, -0.15) is 0 Å². The number of aromatic nitrogens is 1. The van der Waals surface area contributed by atoms with Crippen LogP contribution in [0.25, 0.3) is 0 Å². The van der Waals surface area contributed by atoms with E-state index in [1.165, 1.54) is 0 Å². The number of methoxy groups -OCH3 is 1. The summed E-state index contributed by atoms with van der Waals surface area (Å²) in [6.07, 6.45) is 3.52. The topological polar surface area (TPSA) is 71.5 Å². The summed E-state index contributed by atoms with van der Waals surface area (Å²) in [4.78, 5) is 33.2. The summed E-state index contributed by atoms with van der Waals surface area (Å²) in [6.45, 7) is 0.550. The van der Waals surface area contributed by atoms with E-state index in [4.69, 9.17) is 16.3 Å². The zero-order chi connectivity index (χ0) is 26.0. The van der Waals surface area contributed by atoms with Gasteiger partial charge in [-0.3, -0.25) is 14.6 Å². The van der Waals surface area contributed by atoms with Crippen molar-refractivity contribution < 1.29 is 14.3 Å². The van der Waals surface area contributed by atoms with Crippen LogP contribution in [0.1, 0.15) is 28.3 Å². The predicted molar refractivity (Wildman–Crippen MR) is 144 cm³/mol. The van der Waals surface area contributed by atoms with E-state index in [0.29, 0.717) is 11.6 Å². The third-order valence-electron chi connectivity index (χ3n) is 5.97. The van der Waals surface area contributed by atoms with Gasteiger partial charge in [0, 0.05) is 30.5 Å². The number of ether oxygens (including phenoxy) is 1. The lowest BCUT2D eigenvalue weighted by molar-refractivity contribution is -0.141. The largest absolute Gasteiger partial charge is 0.497 e. The van der Waals surface area contributed by atoms with Gasteiger partial charge in [0.15, 0.2) is 0 Å². The Labute approximate surface area is 221 Å². The Morgan fingerprint density at radius 2 is 1.59 bits per heavy atom. The molecule has 0 unspecified atom stereocenters. The SMILES string of the molecule is COc1ccc(CN(C(=O)Cc2ccc(Cl)cc2)[C@@H](C(=O)NCc2cccnc2)c2ccccc2)cc1. The number of halogens is 1. The molecule has 6 nitrogen and oxygen atoms in total. The van der Waals surface area contributed by atoms with E-state index in [9.17, 15) is 9.59 Å². The molecule has 188 valence electrons. The standard InChI is InChI=1S/C30H28ClN3O3/c1-37-27-15-11-23(12-16-27)21-34(28(35)18-22-9-13-26(31)14-10-22)29(25-7-3-2-4-8-25)30(36)33-20-24-6-5-17-32-19-24/h2-17,19,29H,18,20-21H2,1H3,(H,33,36)/t29-/m1/s1. The number of rotatable bonds is 10. The fourth-order valence-electron chi connectivity index (χ4n) is 4.03. The molecule has 1 aromatic heterocycles. The first-order valence-electron chi connectivity index (χ1n) is 11.9. The molecule has 0 fully saturated rings. The molecule has 1 atom stereocenters. The molecule has 0 saturated carbocycles. The Bertz CT molecular complexity index is 1300. The van der Waals surface area contributed by atoms with E-state index >= 15 is 0 Å². The van der Waals surface area contributed by atoms with Crippen molar-refractivity contribution in [2.75, 3.05) is 7.11 Å².